The Balaban J connectivity index is 1.53. The number of benzene rings is 2. The monoisotopic (exact) mass is 471 g/mol. The van der Waals surface area contributed by atoms with Crippen LogP contribution in [0.4, 0.5) is 5.69 Å². The zero-order valence-electron chi connectivity index (χ0n) is 20.8. The van der Waals surface area contributed by atoms with Crippen LogP contribution < -0.4 is 10.2 Å². The summed E-state index contributed by atoms with van der Waals surface area (Å²) in [6, 6.07) is 19.1. The Hall–Kier alpha value is -3.60. The molecule has 0 radical (unpaired) electrons. The highest BCUT2D eigenvalue weighted by Gasteiger charge is 2.15. The molecule has 1 N–H and O–H groups in total. The first-order chi connectivity index (χ1) is 17.0. The molecular formula is C28H33N5O2. The molecule has 35 heavy (non-hydrogen) atoms. The first-order valence-corrected chi connectivity index (χ1v) is 12.1. The number of nitriles is 1. The van der Waals surface area contributed by atoms with Crippen molar-refractivity contribution in [1.82, 2.24) is 14.8 Å². The first kappa shape index (κ1) is 24.5. The minimum atomic E-state index is -0.392. The van der Waals surface area contributed by atoms with Gasteiger partial charge >= 0.3 is 0 Å². The summed E-state index contributed by atoms with van der Waals surface area (Å²) in [5, 5.41) is 14.6. The lowest BCUT2D eigenvalue weighted by Crippen LogP contribution is -2.44. The van der Waals surface area contributed by atoms with Crippen molar-refractivity contribution in [3.05, 3.63) is 59.8 Å². The highest BCUT2D eigenvalue weighted by Crippen LogP contribution is 2.29. The second kappa shape index (κ2) is 11.2. The number of nitrogens with zero attached hydrogens (tertiary/aromatic N) is 4. The number of aromatic nitrogens is 1. The smallest absolute Gasteiger partial charge is 0.262 e. The molecule has 0 atom stereocenters. The number of rotatable bonds is 8. The third-order valence-corrected chi connectivity index (χ3v) is 6.54. The number of likely N-dealkylation sites (N-methyl/N-ethyl adjacent to an activating group) is 1. The second-order valence-corrected chi connectivity index (χ2v) is 8.86. The number of piperazine rings is 1. The van der Waals surface area contributed by atoms with Gasteiger partial charge in [0, 0.05) is 63.5 Å². The number of carbonyl (C=O) groups is 1. The number of nitrogens with one attached hydrogen (secondary N) is 1. The van der Waals surface area contributed by atoms with Gasteiger partial charge in [0.25, 0.3) is 5.91 Å². The van der Waals surface area contributed by atoms with Gasteiger partial charge in [-0.3, -0.25) is 4.79 Å². The fourth-order valence-electron chi connectivity index (χ4n) is 4.39. The standard InChI is InChI=1S/C28H33N5O2/c1-4-35-16-11-30-28(34)24(20-29)19-25-9-10-27(32(25)3)23-6-5-22-18-26(8-7-21(22)17-23)33-14-12-31(2)13-15-33/h5-10,17-19H,4,11-16H2,1-3H3,(H,30,34)/b24-19+. The topological polar surface area (TPSA) is 73.5 Å². The molecule has 1 aliphatic heterocycles. The number of amides is 1. The fraction of sp³-hybridized carbons (Fsp3) is 0.357. The fourth-order valence-corrected chi connectivity index (χ4v) is 4.39. The molecule has 7 nitrogen and oxygen atoms in total. The molecule has 1 aliphatic rings. The molecule has 1 amide bonds. The summed E-state index contributed by atoms with van der Waals surface area (Å²) < 4.78 is 7.24. The third-order valence-electron chi connectivity index (χ3n) is 6.54. The van der Waals surface area contributed by atoms with Gasteiger partial charge in [-0.05, 0) is 66.7 Å². The normalized spacial score (nSPS) is 14.8. The molecule has 182 valence electrons. The Morgan fingerprint density at radius 1 is 1.06 bits per heavy atom. The van der Waals surface area contributed by atoms with Crippen molar-refractivity contribution in [2.75, 3.05) is 57.9 Å². The summed E-state index contributed by atoms with van der Waals surface area (Å²) in [4.78, 5) is 17.2. The van der Waals surface area contributed by atoms with Crippen LogP contribution in [-0.4, -0.2) is 68.4 Å². The van der Waals surface area contributed by atoms with Gasteiger partial charge in [0.05, 0.1) is 6.61 Å². The maximum absolute atomic E-state index is 12.4. The van der Waals surface area contributed by atoms with Crippen molar-refractivity contribution in [3.63, 3.8) is 0 Å². The summed E-state index contributed by atoms with van der Waals surface area (Å²) in [5.41, 5.74) is 4.25. The van der Waals surface area contributed by atoms with Gasteiger partial charge < -0.3 is 24.4 Å². The van der Waals surface area contributed by atoms with Gasteiger partial charge in [-0.15, -0.1) is 0 Å². The van der Waals surface area contributed by atoms with Gasteiger partial charge in [0.15, 0.2) is 0 Å². The minimum absolute atomic E-state index is 0.0733. The molecular weight excluding hydrogens is 438 g/mol. The Morgan fingerprint density at radius 2 is 1.80 bits per heavy atom. The number of ether oxygens (including phenoxy) is 1. The molecule has 7 heteroatoms. The summed E-state index contributed by atoms with van der Waals surface area (Å²) in [6.45, 7) is 7.56. The Kier molecular flexibility index (Phi) is 7.86. The number of carbonyl (C=O) groups excluding carboxylic acids is 1. The SMILES string of the molecule is CCOCCNC(=O)/C(C#N)=C/c1ccc(-c2ccc3cc(N4CCN(C)CC4)ccc3c2)n1C. The molecule has 4 rings (SSSR count). The van der Waals surface area contributed by atoms with Crippen molar-refractivity contribution < 1.29 is 9.53 Å². The van der Waals surface area contributed by atoms with Crippen LogP contribution in [0.3, 0.4) is 0 Å². The van der Waals surface area contributed by atoms with E-state index in [0.717, 1.165) is 43.1 Å². The van der Waals surface area contributed by atoms with Crippen molar-refractivity contribution in [2.45, 2.75) is 6.92 Å². The largest absolute Gasteiger partial charge is 0.380 e. The third kappa shape index (κ3) is 5.73. The highest BCUT2D eigenvalue weighted by molar-refractivity contribution is 6.01. The van der Waals surface area contributed by atoms with Crippen LogP contribution in [0.5, 0.6) is 0 Å². The Morgan fingerprint density at radius 3 is 2.54 bits per heavy atom. The summed E-state index contributed by atoms with van der Waals surface area (Å²) in [5.74, 6) is -0.392. The van der Waals surface area contributed by atoms with Crippen LogP contribution >= 0.6 is 0 Å². The van der Waals surface area contributed by atoms with E-state index in [2.05, 4.69) is 58.6 Å². The van der Waals surface area contributed by atoms with Crippen molar-refractivity contribution >= 4 is 28.4 Å². The first-order valence-electron chi connectivity index (χ1n) is 12.1. The molecule has 1 saturated heterocycles. The molecule has 0 saturated carbocycles. The zero-order valence-corrected chi connectivity index (χ0v) is 20.8. The summed E-state index contributed by atoms with van der Waals surface area (Å²) in [7, 11) is 4.12. The molecule has 1 fully saturated rings. The number of hydrogen-bond acceptors (Lipinski definition) is 5. The van der Waals surface area contributed by atoms with Crippen LogP contribution in [0.15, 0.2) is 54.1 Å². The molecule has 0 spiro atoms. The van der Waals surface area contributed by atoms with Gasteiger partial charge in [-0.2, -0.15) is 5.26 Å². The quantitative estimate of drug-likeness (QED) is 0.308. The average Bonchev–Trinajstić information content (AvgIpc) is 3.24. The van der Waals surface area contributed by atoms with Gasteiger partial charge in [0.2, 0.25) is 0 Å². The molecule has 0 aliphatic carbocycles. The van der Waals surface area contributed by atoms with E-state index < -0.39 is 5.91 Å². The molecule has 1 aromatic heterocycles. The van der Waals surface area contributed by atoms with Crippen molar-refractivity contribution in [1.29, 1.82) is 5.26 Å². The molecule has 3 aromatic rings. The molecule has 0 unspecified atom stereocenters. The van der Waals surface area contributed by atoms with Crippen LogP contribution in [-0.2, 0) is 16.6 Å². The van der Waals surface area contributed by atoms with Gasteiger partial charge in [0.1, 0.15) is 11.6 Å². The van der Waals surface area contributed by atoms with Gasteiger partial charge in [-0.25, -0.2) is 0 Å². The maximum atomic E-state index is 12.4. The van der Waals surface area contributed by atoms with E-state index in [9.17, 15) is 10.1 Å². The summed E-state index contributed by atoms with van der Waals surface area (Å²) in [6.07, 6.45) is 1.63. The van der Waals surface area contributed by atoms with E-state index in [4.69, 9.17) is 4.74 Å². The molecule has 2 aromatic carbocycles. The van der Waals surface area contributed by atoms with Crippen LogP contribution in [0.2, 0.25) is 0 Å². The zero-order chi connectivity index (χ0) is 24.8. The van der Waals surface area contributed by atoms with E-state index in [-0.39, 0.29) is 5.57 Å². The van der Waals surface area contributed by atoms with E-state index in [0.29, 0.717) is 19.8 Å². The highest BCUT2D eigenvalue weighted by atomic mass is 16.5. The molecule has 0 bridgehead atoms. The Bertz CT molecular complexity index is 1260. The minimum Gasteiger partial charge on any atom is -0.380 e. The molecule has 2 heterocycles. The number of anilines is 1. The van der Waals surface area contributed by atoms with Crippen LogP contribution in [0.1, 0.15) is 12.6 Å². The van der Waals surface area contributed by atoms with Crippen LogP contribution in [0.25, 0.3) is 28.1 Å². The van der Waals surface area contributed by atoms with E-state index in [1.165, 1.54) is 16.5 Å². The predicted octanol–water partition coefficient (Wildman–Crippen LogP) is 3.66. The summed E-state index contributed by atoms with van der Waals surface area (Å²) >= 11 is 0. The van der Waals surface area contributed by atoms with Crippen molar-refractivity contribution in [2.24, 2.45) is 7.05 Å². The van der Waals surface area contributed by atoms with Crippen molar-refractivity contribution in [3.8, 4) is 17.3 Å². The van der Waals surface area contributed by atoms with Gasteiger partial charge in [-0.1, -0.05) is 18.2 Å². The van der Waals surface area contributed by atoms with E-state index in [1.54, 1.807) is 6.08 Å². The Labute approximate surface area is 207 Å². The number of hydrogen-bond donors (Lipinski definition) is 1. The average molecular weight is 472 g/mol. The van der Waals surface area contributed by atoms with E-state index >= 15 is 0 Å². The van der Waals surface area contributed by atoms with E-state index in [1.807, 2.05) is 36.7 Å². The lowest BCUT2D eigenvalue weighted by Gasteiger charge is -2.34. The lowest BCUT2D eigenvalue weighted by molar-refractivity contribution is -0.117. The second-order valence-electron chi connectivity index (χ2n) is 8.86. The van der Waals surface area contributed by atoms with Crippen LogP contribution in [0, 0.1) is 11.3 Å². The maximum Gasteiger partial charge on any atom is 0.262 e. The predicted molar refractivity (Wildman–Crippen MR) is 141 cm³/mol. The number of fused-ring (bicyclic) bond motifs is 1. The lowest BCUT2D eigenvalue weighted by atomic mass is 10.0.